The monoisotopic (exact) mass is 407 g/mol. The van der Waals surface area contributed by atoms with Crippen molar-refractivity contribution in [2.45, 2.75) is 32.6 Å². The topological polar surface area (TPSA) is 61.9 Å². The van der Waals surface area contributed by atoms with Gasteiger partial charge in [-0.2, -0.15) is 0 Å². The zero-order chi connectivity index (χ0) is 20.9. The van der Waals surface area contributed by atoms with Gasteiger partial charge < -0.3 is 19.9 Å². The lowest BCUT2D eigenvalue weighted by molar-refractivity contribution is -0.122. The molecule has 2 aromatic rings. The van der Waals surface area contributed by atoms with E-state index in [0.717, 1.165) is 30.9 Å². The molecule has 1 N–H and O–H groups in total. The molecule has 2 aliphatic heterocycles. The van der Waals surface area contributed by atoms with Gasteiger partial charge in [-0.1, -0.05) is 6.92 Å². The van der Waals surface area contributed by atoms with Gasteiger partial charge in [0.15, 0.2) is 0 Å². The van der Waals surface area contributed by atoms with Gasteiger partial charge in [0.25, 0.3) is 0 Å². The third-order valence-corrected chi connectivity index (χ3v) is 5.72. The third kappa shape index (κ3) is 4.58. The average Bonchev–Trinajstić information content (AvgIpc) is 3.43. The van der Waals surface area contributed by atoms with Crippen LogP contribution >= 0.6 is 0 Å². The van der Waals surface area contributed by atoms with Crippen molar-refractivity contribution in [1.29, 1.82) is 0 Å². The predicted molar refractivity (Wildman–Crippen MR) is 119 cm³/mol. The van der Waals surface area contributed by atoms with E-state index >= 15 is 0 Å². The molecular weight excluding hydrogens is 378 g/mol. The summed E-state index contributed by atoms with van der Waals surface area (Å²) in [5.41, 5.74) is 2.77. The summed E-state index contributed by atoms with van der Waals surface area (Å²) in [4.78, 5) is 29.3. The van der Waals surface area contributed by atoms with Gasteiger partial charge >= 0.3 is 0 Å². The Morgan fingerprint density at radius 1 is 1.03 bits per heavy atom. The number of ether oxygens (including phenoxy) is 1. The molecule has 0 bridgehead atoms. The molecule has 6 nitrogen and oxygen atoms in total. The van der Waals surface area contributed by atoms with Crippen LogP contribution in [0.2, 0.25) is 0 Å². The molecule has 0 aliphatic carbocycles. The summed E-state index contributed by atoms with van der Waals surface area (Å²) < 4.78 is 5.57. The Hall–Kier alpha value is -3.02. The van der Waals surface area contributed by atoms with E-state index in [1.165, 1.54) is 18.5 Å². The minimum Gasteiger partial charge on any atom is -0.494 e. The molecule has 4 rings (SSSR count). The second kappa shape index (κ2) is 9.20. The van der Waals surface area contributed by atoms with Crippen LogP contribution in [0.4, 0.5) is 17.1 Å². The zero-order valence-electron chi connectivity index (χ0n) is 17.5. The number of rotatable bonds is 7. The molecule has 0 radical (unpaired) electrons. The highest BCUT2D eigenvalue weighted by atomic mass is 16.5. The summed E-state index contributed by atoms with van der Waals surface area (Å²) in [6, 6.07) is 15.5. The lowest BCUT2D eigenvalue weighted by Crippen LogP contribution is -2.28. The van der Waals surface area contributed by atoms with Crippen molar-refractivity contribution >= 4 is 28.9 Å². The molecule has 2 aliphatic rings. The molecule has 1 atom stereocenters. The Labute approximate surface area is 177 Å². The fourth-order valence-corrected chi connectivity index (χ4v) is 4.05. The minimum absolute atomic E-state index is 0.00705. The Bertz CT molecular complexity index is 874. The lowest BCUT2D eigenvalue weighted by atomic mass is 10.1. The summed E-state index contributed by atoms with van der Waals surface area (Å²) in [5.74, 6) is 0.301. The van der Waals surface area contributed by atoms with Crippen molar-refractivity contribution in [3.8, 4) is 5.75 Å². The number of hydrogen-bond donors (Lipinski definition) is 1. The Morgan fingerprint density at radius 2 is 1.70 bits per heavy atom. The van der Waals surface area contributed by atoms with Gasteiger partial charge in [0.1, 0.15) is 5.75 Å². The Morgan fingerprint density at radius 3 is 2.37 bits per heavy atom. The van der Waals surface area contributed by atoms with Gasteiger partial charge in [-0.05, 0) is 67.8 Å². The average molecular weight is 408 g/mol. The number of nitrogens with one attached hydrogen (secondary N) is 1. The first kappa shape index (κ1) is 20.3. The summed E-state index contributed by atoms with van der Waals surface area (Å²) in [6.07, 6.45) is 3.65. The fourth-order valence-electron chi connectivity index (χ4n) is 4.05. The number of carbonyl (C=O) groups is 2. The standard InChI is InChI=1S/C24H29N3O3/c1-2-15-30-22-11-5-19(6-12-22)25-24(29)18-16-23(28)27(17-18)21-9-7-20(8-10-21)26-13-3-4-14-26/h5-12,18H,2-4,13-17H2,1H3,(H,25,29). The molecule has 158 valence electrons. The van der Waals surface area contributed by atoms with E-state index in [0.29, 0.717) is 18.8 Å². The number of amides is 2. The number of hydrogen-bond acceptors (Lipinski definition) is 4. The second-order valence-electron chi connectivity index (χ2n) is 7.98. The molecule has 1 unspecified atom stereocenters. The first-order chi connectivity index (χ1) is 14.6. The van der Waals surface area contributed by atoms with Crippen molar-refractivity contribution in [1.82, 2.24) is 0 Å². The molecule has 30 heavy (non-hydrogen) atoms. The largest absolute Gasteiger partial charge is 0.494 e. The van der Waals surface area contributed by atoms with Crippen molar-refractivity contribution in [2.24, 2.45) is 5.92 Å². The van der Waals surface area contributed by atoms with Crippen LogP contribution in [-0.2, 0) is 9.59 Å². The van der Waals surface area contributed by atoms with Crippen molar-refractivity contribution in [2.75, 3.05) is 41.4 Å². The molecule has 2 aromatic carbocycles. The first-order valence-electron chi connectivity index (χ1n) is 10.8. The van der Waals surface area contributed by atoms with Gasteiger partial charge in [-0.15, -0.1) is 0 Å². The van der Waals surface area contributed by atoms with Crippen molar-refractivity contribution in [3.63, 3.8) is 0 Å². The van der Waals surface area contributed by atoms with E-state index in [9.17, 15) is 9.59 Å². The predicted octanol–water partition coefficient (Wildman–Crippen LogP) is 4.07. The smallest absolute Gasteiger partial charge is 0.229 e. The minimum atomic E-state index is -0.355. The highest BCUT2D eigenvalue weighted by Gasteiger charge is 2.35. The molecule has 0 spiro atoms. The second-order valence-corrected chi connectivity index (χ2v) is 7.98. The van der Waals surface area contributed by atoms with Gasteiger partial charge in [0.2, 0.25) is 11.8 Å². The summed E-state index contributed by atoms with van der Waals surface area (Å²) in [5, 5.41) is 2.93. The van der Waals surface area contributed by atoms with E-state index in [1.54, 1.807) is 4.90 Å². The Kier molecular flexibility index (Phi) is 6.21. The van der Waals surface area contributed by atoms with Crippen LogP contribution in [0.5, 0.6) is 5.75 Å². The van der Waals surface area contributed by atoms with Crippen LogP contribution in [0, 0.1) is 5.92 Å². The molecule has 0 saturated carbocycles. The van der Waals surface area contributed by atoms with E-state index in [2.05, 4.69) is 29.3 Å². The van der Waals surface area contributed by atoms with Gasteiger partial charge in [0, 0.05) is 43.1 Å². The van der Waals surface area contributed by atoms with Gasteiger partial charge in [-0.3, -0.25) is 9.59 Å². The quantitative estimate of drug-likeness (QED) is 0.752. The number of carbonyl (C=O) groups excluding carboxylic acids is 2. The molecule has 2 saturated heterocycles. The molecule has 6 heteroatoms. The van der Waals surface area contributed by atoms with Crippen molar-refractivity contribution < 1.29 is 14.3 Å². The zero-order valence-corrected chi connectivity index (χ0v) is 17.5. The van der Waals surface area contributed by atoms with Crippen LogP contribution < -0.4 is 19.9 Å². The maximum Gasteiger partial charge on any atom is 0.229 e. The van der Waals surface area contributed by atoms with E-state index in [1.807, 2.05) is 36.4 Å². The molecule has 0 aromatic heterocycles. The first-order valence-corrected chi connectivity index (χ1v) is 10.8. The number of benzene rings is 2. The van der Waals surface area contributed by atoms with E-state index < -0.39 is 0 Å². The summed E-state index contributed by atoms with van der Waals surface area (Å²) in [7, 11) is 0. The van der Waals surface area contributed by atoms with Crippen LogP contribution in [0.3, 0.4) is 0 Å². The molecular formula is C24H29N3O3. The van der Waals surface area contributed by atoms with Gasteiger partial charge in [-0.25, -0.2) is 0 Å². The Balaban J connectivity index is 1.35. The maximum atomic E-state index is 12.7. The van der Waals surface area contributed by atoms with Gasteiger partial charge in [0.05, 0.1) is 12.5 Å². The van der Waals surface area contributed by atoms with Crippen LogP contribution in [0.25, 0.3) is 0 Å². The summed E-state index contributed by atoms with van der Waals surface area (Å²) in [6.45, 7) is 5.32. The highest BCUT2D eigenvalue weighted by Crippen LogP contribution is 2.29. The third-order valence-electron chi connectivity index (χ3n) is 5.72. The number of nitrogens with zero attached hydrogens (tertiary/aromatic N) is 2. The maximum absolute atomic E-state index is 12.7. The SMILES string of the molecule is CCCOc1ccc(NC(=O)C2CC(=O)N(c3ccc(N4CCCC4)cc3)C2)cc1. The molecule has 2 heterocycles. The molecule has 2 fully saturated rings. The van der Waals surface area contributed by atoms with Crippen molar-refractivity contribution in [3.05, 3.63) is 48.5 Å². The van der Waals surface area contributed by atoms with Crippen LogP contribution in [0.1, 0.15) is 32.6 Å². The lowest BCUT2D eigenvalue weighted by Gasteiger charge is -2.20. The van der Waals surface area contributed by atoms with Crippen LogP contribution in [-0.4, -0.2) is 38.1 Å². The normalized spacial score (nSPS) is 18.7. The van der Waals surface area contributed by atoms with E-state index in [4.69, 9.17) is 4.74 Å². The summed E-state index contributed by atoms with van der Waals surface area (Å²) >= 11 is 0. The number of anilines is 3. The van der Waals surface area contributed by atoms with Crippen LogP contribution in [0.15, 0.2) is 48.5 Å². The molecule has 2 amide bonds. The van der Waals surface area contributed by atoms with E-state index in [-0.39, 0.29) is 24.2 Å². The fraction of sp³-hybridized carbons (Fsp3) is 0.417. The highest BCUT2D eigenvalue weighted by molar-refractivity contribution is 6.03.